The molecule has 1 unspecified atom stereocenters. The molecule has 0 aromatic heterocycles. The molecule has 0 nitrogen and oxygen atoms in total. The van der Waals surface area contributed by atoms with E-state index in [9.17, 15) is 0 Å². The molecule has 1 atom stereocenters. The van der Waals surface area contributed by atoms with Crippen molar-refractivity contribution in [1.29, 1.82) is 0 Å². The summed E-state index contributed by atoms with van der Waals surface area (Å²) in [6.45, 7) is 12.8. The summed E-state index contributed by atoms with van der Waals surface area (Å²) in [5.41, 5.74) is 10.1. The van der Waals surface area contributed by atoms with E-state index >= 15 is 0 Å². The average Bonchev–Trinajstić information content (AvgIpc) is 3.27. The van der Waals surface area contributed by atoms with E-state index in [1.54, 1.807) is 22.3 Å². The minimum absolute atomic E-state index is 0.398. The van der Waals surface area contributed by atoms with Crippen LogP contribution in [0, 0.1) is 0 Å². The van der Waals surface area contributed by atoms with E-state index in [1.165, 1.54) is 45.9 Å². The predicted octanol–water partition coefficient (Wildman–Crippen LogP) is 10.8. The van der Waals surface area contributed by atoms with Gasteiger partial charge in [0.25, 0.3) is 0 Å². The van der Waals surface area contributed by atoms with E-state index < -0.39 is 24.7 Å². The molecule has 0 radical (unpaired) electrons. The summed E-state index contributed by atoms with van der Waals surface area (Å²) in [6.07, 6.45) is 8.12. The van der Waals surface area contributed by atoms with Crippen molar-refractivity contribution in [1.82, 2.24) is 0 Å². The molecule has 0 heterocycles. The van der Waals surface area contributed by atoms with Gasteiger partial charge >= 0.3 is 244 Å². The molecule has 204 valence electrons. The normalized spacial score (nSPS) is 18.2. The molecule has 2 aliphatic carbocycles. The van der Waals surface area contributed by atoms with Gasteiger partial charge in [-0.15, -0.1) is 0 Å². The summed E-state index contributed by atoms with van der Waals surface area (Å²) in [5, 5.41) is 0.398. The van der Waals surface area contributed by atoms with E-state index in [-0.39, 0.29) is 0 Å². The zero-order valence-corrected chi connectivity index (χ0v) is 27.5. The van der Waals surface area contributed by atoms with Gasteiger partial charge in [0.1, 0.15) is 0 Å². The first-order valence-corrected chi connectivity index (χ1v) is 22.6. The van der Waals surface area contributed by atoms with Crippen molar-refractivity contribution in [2.75, 3.05) is 0 Å². The van der Waals surface area contributed by atoms with Gasteiger partial charge in [-0.25, -0.2) is 0 Å². The molecule has 0 N–H and O–H groups in total. The van der Waals surface area contributed by atoms with Crippen LogP contribution < -0.4 is 0 Å². The fraction of sp³-hybridized carbons (Fsp3) is 0.405. The fourth-order valence-electron chi connectivity index (χ4n) is 7.17. The van der Waals surface area contributed by atoms with Gasteiger partial charge in [-0.3, -0.25) is 0 Å². The first kappa shape index (κ1) is 28.6. The molecule has 3 aromatic rings. The van der Waals surface area contributed by atoms with Crippen LogP contribution >= 0.6 is 0 Å². The van der Waals surface area contributed by atoms with E-state index in [2.05, 4.69) is 131 Å². The second-order valence-electron chi connectivity index (χ2n) is 14.1. The van der Waals surface area contributed by atoms with Crippen LogP contribution in [-0.2, 0) is 30.8 Å². The Balaban J connectivity index is 1.69. The first-order chi connectivity index (χ1) is 18.7. The Labute approximate surface area is 243 Å². The van der Waals surface area contributed by atoms with Crippen molar-refractivity contribution in [3.8, 4) is 0 Å². The molecule has 5 rings (SSSR count). The first-order valence-electron chi connectivity index (χ1n) is 15.2. The van der Waals surface area contributed by atoms with Gasteiger partial charge in [0.15, 0.2) is 0 Å². The van der Waals surface area contributed by atoms with Crippen LogP contribution in [0.4, 0.5) is 0 Å². The molecule has 2 aliphatic rings. The summed E-state index contributed by atoms with van der Waals surface area (Å²) < 4.78 is 4.58. The molecular formula is C37H48SiTi. The van der Waals surface area contributed by atoms with Gasteiger partial charge in [0.05, 0.1) is 0 Å². The maximum absolute atomic E-state index is 2.76. The topological polar surface area (TPSA) is 0 Å². The van der Waals surface area contributed by atoms with Gasteiger partial charge < -0.3 is 0 Å². The van der Waals surface area contributed by atoms with Crippen LogP contribution in [0.2, 0.25) is 28.4 Å². The Morgan fingerprint density at radius 3 is 1.54 bits per heavy atom. The monoisotopic (exact) mass is 568 g/mol. The molecule has 0 bridgehead atoms. The predicted molar refractivity (Wildman–Crippen MR) is 170 cm³/mol. The standard InChI is InChI=1S/C16H27Si.3C7H7.Ti/c1-16(2,3)17(4,5)12-13-10-14-8-6-7-9-15(14)11-13;3*1-7-5-3-2-4-6-7;/h10-11H,6-9,12H2,1-5H3;3*2-6H,1H2;. The van der Waals surface area contributed by atoms with Gasteiger partial charge in [-0.1, -0.05) is 0 Å². The quantitative estimate of drug-likeness (QED) is 0.225. The SMILES string of the molecule is CC(C)(C)[Si](C)(C)CC1=CC2=C(CCCC2)[CH]1[Ti]([CH2]c1ccccc1)([CH2]c1ccccc1)[CH2]c1ccccc1. The third kappa shape index (κ3) is 6.53. The summed E-state index contributed by atoms with van der Waals surface area (Å²) in [5.74, 6) is 0. The summed E-state index contributed by atoms with van der Waals surface area (Å²) in [4.78, 5) is 0. The number of hydrogen-bond acceptors (Lipinski definition) is 0. The Bertz CT molecular complexity index is 1190. The Morgan fingerprint density at radius 2 is 1.10 bits per heavy atom. The second kappa shape index (κ2) is 11.9. The summed E-state index contributed by atoms with van der Waals surface area (Å²) in [7, 11) is -1.50. The van der Waals surface area contributed by atoms with E-state index in [1.807, 2.05) is 11.1 Å². The number of rotatable bonds is 9. The van der Waals surface area contributed by atoms with Crippen molar-refractivity contribution in [3.05, 3.63) is 130 Å². The Kier molecular flexibility index (Phi) is 8.72. The van der Waals surface area contributed by atoms with Crippen LogP contribution in [0.1, 0.15) is 63.1 Å². The van der Waals surface area contributed by atoms with Crippen LogP contribution in [-0.4, -0.2) is 8.07 Å². The van der Waals surface area contributed by atoms with Crippen molar-refractivity contribution in [2.45, 2.75) is 89.0 Å². The molecule has 0 amide bonds. The molecule has 0 saturated heterocycles. The van der Waals surface area contributed by atoms with E-state index in [0.717, 1.165) is 0 Å². The van der Waals surface area contributed by atoms with E-state index in [4.69, 9.17) is 0 Å². The molecule has 0 spiro atoms. The second-order valence-corrected chi connectivity index (χ2v) is 26.5. The molecule has 2 heteroatoms. The molecule has 0 fully saturated rings. The van der Waals surface area contributed by atoms with Crippen LogP contribution in [0.25, 0.3) is 0 Å². The van der Waals surface area contributed by atoms with Gasteiger partial charge in [0.2, 0.25) is 0 Å². The molecular weight excluding hydrogens is 520 g/mol. The molecule has 0 aliphatic heterocycles. The van der Waals surface area contributed by atoms with E-state index in [0.29, 0.717) is 9.26 Å². The van der Waals surface area contributed by atoms with Gasteiger partial charge in [0, 0.05) is 0 Å². The minimum atomic E-state index is -2.76. The molecule has 0 saturated carbocycles. The Hall–Kier alpha value is -1.93. The van der Waals surface area contributed by atoms with Gasteiger partial charge in [-0.2, -0.15) is 0 Å². The number of allylic oxidation sites excluding steroid dienone is 4. The Morgan fingerprint density at radius 1 is 0.667 bits per heavy atom. The van der Waals surface area contributed by atoms with Crippen LogP contribution in [0.5, 0.6) is 0 Å². The average molecular weight is 569 g/mol. The van der Waals surface area contributed by atoms with Crippen LogP contribution in [0.15, 0.2) is 114 Å². The maximum atomic E-state index is 2.76. The zero-order chi connectivity index (χ0) is 27.5. The number of benzene rings is 3. The summed E-state index contributed by atoms with van der Waals surface area (Å²) >= 11 is -2.76. The van der Waals surface area contributed by atoms with Crippen molar-refractivity contribution >= 4 is 8.07 Å². The van der Waals surface area contributed by atoms with Gasteiger partial charge in [-0.05, 0) is 0 Å². The van der Waals surface area contributed by atoms with Crippen LogP contribution in [0.3, 0.4) is 0 Å². The number of hydrogen-bond donors (Lipinski definition) is 0. The molecule has 3 aromatic carbocycles. The van der Waals surface area contributed by atoms with Crippen molar-refractivity contribution in [3.63, 3.8) is 0 Å². The van der Waals surface area contributed by atoms with Crippen molar-refractivity contribution in [2.24, 2.45) is 0 Å². The fourth-order valence-corrected chi connectivity index (χ4v) is 19.0. The third-order valence-corrected chi connectivity index (χ3v) is 23.7. The zero-order valence-electron chi connectivity index (χ0n) is 25.0. The van der Waals surface area contributed by atoms with Crippen molar-refractivity contribution < 1.29 is 16.6 Å². The molecule has 39 heavy (non-hydrogen) atoms. The third-order valence-electron chi connectivity index (χ3n) is 10.1. The summed E-state index contributed by atoms with van der Waals surface area (Å²) in [6, 6.07) is 36.0.